The zero-order valence-electron chi connectivity index (χ0n) is 12.3. The lowest BCUT2D eigenvalue weighted by Gasteiger charge is -2.09. The second-order valence-electron chi connectivity index (χ2n) is 5.00. The smallest absolute Gasteiger partial charge is 0.344 e. The summed E-state index contributed by atoms with van der Waals surface area (Å²) in [6, 6.07) is 14.0. The fraction of sp³-hybridized carbons (Fsp3) is 0.111. The molecule has 4 nitrogen and oxygen atoms in total. The Kier molecular flexibility index (Phi) is 4.05. The Morgan fingerprint density at radius 2 is 1.96 bits per heavy atom. The van der Waals surface area contributed by atoms with E-state index in [2.05, 4.69) is 0 Å². The molecule has 3 aromatic rings. The van der Waals surface area contributed by atoms with Crippen LogP contribution in [-0.4, -0.2) is 6.61 Å². The summed E-state index contributed by atoms with van der Waals surface area (Å²) in [6.45, 7) is 1.82. The predicted octanol–water partition coefficient (Wildman–Crippen LogP) is 4.32. The van der Waals surface area contributed by atoms with Crippen molar-refractivity contribution in [3.05, 3.63) is 63.5 Å². The number of nitriles is 1. The molecule has 2 aromatic carbocycles. The number of rotatable bonds is 3. The molecule has 0 N–H and O–H groups in total. The van der Waals surface area contributed by atoms with Gasteiger partial charge in [0, 0.05) is 10.4 Å². The SMILES string of the molecule is Cc1c(-c2ccc(Cl)cc2)c(=O)oc2ccc(OCC#N)cc12. The molecule has 1 heterocycles. The summed E-state index contributed by atoms with van der Waals surface area (Å²) in [6.07, 6.45) is 0. The van der Waals surface area contributed by atoms with Crippen molar-refractivity contribution in [3.63, 3.8) is 0 Å². The van der Waals surface area contributed by atoms with E-state index in [4.69, 9.17) is 26.0 Å². The van der Waals surface area contributed by atoms with Gasteiger partial charge < -0.3 is 9.15 Å². The maximum atomic E-state index is 12.3. The quantitative estimate of drug-likeness (QED) is 0.672. The molecule has 0 unspecified atom stereocenters. The lowest BCUT2D eigenvalue weighted by atomic mass is 9.99. The summed E-state index contributed by atoms with van der Waals surface area (Å²) >= 11 is 5.90. The molecule has 0 amide bonds. The Bertz CT molecular complexity index is 968. The topological polar surface area (TPSA) is 63.2 Å². The van der Waals surface area contributed by atoms with E-state index in [1.807, 2.05) is 13.0 Å². The number of benzene rings is 2. The zero-order valence-corrected chi connectivity index (χ0v) is 13.1. The Hall–Kier alpha value is -2.77. The van der Waals surface area contributed by atoms with E-state index in [9.17, 15) is 4.79 Å². The molecule has 0 aliphatic carbocycles. The van der Waals surface area contributed by atoms with Gasteiger partial charge in [0.05, 0.1) is 5.56 Å². The third-order valence-corrected chi connectivity index (χ3v) is 3.83. The second-order valence-corrected chi connectivity index (χ2v) is 5.44. The third-order valence-electron chi connectivity index (χ3n) is 3.57. The molecule has 0 atom stereocenters. The molecule has 0 bridgehead atoms. The van der Waals surface area contributed by atoms with E-state index in [1.54, 1.807) is 42.5 Å². The van der Waals surface area contributed by atoms with Gasteiger partial charge in [-0.05, 0) is 48.4 Å². The van der Waals surface area contributed by atoms with E-state index in [0.717, 1.165) is 16.5 Å². The Balaban J connectivity index is 2.20. The number of fused-ring (bicyclic) bond motifs is 1. The number of hydrogen-bond acceptors (Lipinski definition) is 4. The lowest BCUT2D eigenvalue weighted by molar-refractivity contribution is 0.368. The number of hydrogen-bond donors (Lipinski definition) is 0. The molecular weight excluding hydrogens is 314 g/mol. The van der Waals surface area contributed by atoms with Gasteiger partial charge in [-0.3, -0.25) is 0 Å². The van der Waals surface area contributed by atoms with E-state index in [-0.39, 0.29) is 6.61 Å². The van der Waals surface area contributed by atoms with Crippen molar-refractivity contribution in [2.45, 2.75) is 6.92 Å². The molecule has 23 heavy (non-hydrogen) atoms. The molecule has 0 aliphatic rings. The van der Waals surface area contributed by atoms with Crippen LogP contribution in [0.25, 0.3) is 22.1 Å². The van der Waals surface area contributed by atoms with Crippen molar-refractivity contribution in [2.24, 2.45) is 0 Å². The number of ether oxygens (including phenoxy) is 1. The van der Waals surface area contributed by atoms with E-state index < -0.39 is 5.63 Å². The minimum Gasteiger partial charge on any atom is -0.479 e. The van der Waals surface area contributed by atoms with Crippen LogP contribution in [-0.2, 0) is 0 Å². The molecule has 0 spiro atoms. The maximum Gasteiger partial charge on any atom is 0.344 e. The van der Waals surface area contributed by atoms with Gasteiger partial charge in [-0.1, -0.05) is 23.7 Å². The van der Waals surface area contributed by atoms with Crippen LogP contribution in [0.1, 0.15) is 5.56 Å². The van der Waals surface area contributed by atoms with E-state index in [0.29, 0.717) is 21.9 Å². The second kappa shape index (κ2) is 6.15. The first-order valence-corrected chi connectivity index (χ1v) is 7.31. The van der Waals surface area contributed by atoms with Crippen molar-refractivity contribution in [2.75, 3.05) is 6.61 Å². The lowest BCUT2D eigenvalue weighted by Crippen LogP contribution is -2.06. The van der Waals surface area contributed by atoms with Gasteiger partial charge >= 0.3 is 5.63 Å². The molecule has 0 saturated heterocycles. The van der Waals surface area contributed by atoms with Gasteiger partial charge in [-0.2, -0.15) is 5.26 Å². The average Bonchev–Trinajstić information content (AvgIpc) is 2.55. The molecule has 5 heteroatoms. The third kappa shape index (κ3) is 2.92. The first kappa shape index (κ1) is 15.1. The van der Waals surface area contributed by atoms with Crippen molar-refractivity contribution in [1.29, 1.82) is 5.26 Å². The van der Waals surface area contributed by atoms with E-state index in [1.165, 1.54) is 0 Å². The Morgan fingerprint density at radius 1 is 1.22 bits per heavy atom. The highest BCUT2D eigenvalue weighted by Gasteiger charge is 2.14. The maximum absolute atomic E-state index is 12.3. The monoisotopic (exact) mass is 325 g/mol. The molecular formula is C18H12ClNO3. The number of halogens is 1. The highest BCUT2D eigenvalue weighted by molar-refractivity contribution is 6.30. The van der Waals surface area contributed by atoms with Crippen molar-refractivity contribution in [1.82, 2.24) is 0 Å². The minimum absolute atomic E-state index is 0.0363. The summed E-state index contributed by atoms with van der Waals surface area (Å²) < 4.78 is 10.7. The van der Waals surface area contributed by atoms with Gasteiger partial charge in [0.15, 0.2) is 6.61 Å². The highest BCUT2D eigenvalue weighted by Crippen LogP contribution is 2.29. The fourth-order valence-electron chi connectivity index (χ4n) is 2.49. The van der Waals surface area contributed by atoms with Gasteiger partial charge in [-0.15, -0.1) is 0 Å². The Morgan fingerprint density at radius 3 is 2.65 bits per heavy atom. The molecule has 0 aliphatic heterocycles. The molecule has 0 radical (unpaired) electrons. The minimum atomic E-state index is -0.400. The van der Waals surface area contributed by atoms with Crippen molar-refractivity contribution < 1.29 is 9.15 Å². The summed E-state index contributed by atoms with van der Waals surface area (Å²) in [5.74, 6) is 0.554. The molecule has 3 rings (SSSR count). The van der Waals surface area contributed by atoms with Crippen LogP contribution in [0.15, 0.2) is 51.7 Å². The van der Waals surface area contributed by atoms with E-state index >= 15 is 0 Å². The number of aryl methyl sites for hydroxylation is 1. The first-order chi connectivity index (χ1) is 11.1. The first-order valence-electron chi connectivity index (χ1n) is 6.93. The summed E-state index contributed by atoms with van der Waals surface area (Å²) in [4.78, 5) is 12.3. The fourth-order valence-corrected chi connectivity index (χ4v) is 2.61. The standard InChI is InChI=1S/C18H12ClNO3/c1-11-15-10-14(22-9-8-20)6-7-16(15)23-18(21)17(11)12-2-4-13(19)5-3-12/h2-7,10H,9H2,1H3. The number of nitrogens with zero attached hydrogens (tertiary/aromatic N) is 1. The summed E-state index contributed by atoms with van der Waals surface area (Å²) in [7, 11) is 0. The molecule has 0 saturated carbocycles. The van der Waals surface area contributed by atoms with Crippen LogP contribution in [0.4, 0.5) is 0 Å². The van der Waals surface area contributed by atoms with Crippen molar-refractivity contribution in [3.8, 4) is 22.9 Å². The largest absolute Gasteiger partial charge is 0.479 e. The summed E-state index contributed by atoms with van der Waals surface area (Å²) in [5, 5.41) is 9.97. The van der Waals surface area contributed by atoms with Crippen LogP contribution in [0.3, 0.4) is 0 Å². The van der Waals surface area contributed by atoms with Crippen LogP contribution in [0.2, 0.25) is 5.02 Å². The van der Waals surface area contributed by atoms with Crippen LogP contribution >= 0.6 is 11.6 Å². The van der Waals surface area contributed by atoms with Crippen molar-refractivity contribution >= 4 is 22.6 Å². The Labute approximate surface area is 137 Å². The van der Waals surface area contributed by atoms with Crippen LogP contribution < -0.4 is 10.4 Å². The molecule has 0 fully saturated rings. The van der Waals surface area contributed by atoms with Gasteiger partial charge in [0.1, 0.15) is 17.4 Å². The van der Waals surface area contributed by atoms with Crippen LogP contribution in [0, 0.1) is 18.3 Å². The summed E-state index contributed by atoms with van der Waals surface area (Å²) in [5.41, 5.74) is 2.11. The molecule has 1 aromatic heterocycles. The van der Waals surface area contributed by atoms with Gasteiger partial charge in [-0.25, -0.2) is 4.79 Å². The van der Waals surface area contributed by atoms with Crippen LogP contribution in [0.5, 0.6) is 5.75 Å². The van der Waals surface area contributed by atoms with Gasteiger partial charge in [0.25, 0.3) is 0 Å². The zero-order chi connectivity index (χ0) is 16.4. The van der Waals surface area contributed by atoms with Gasteiger partial charge in [0.2, 0.25) is 0 Å². The molecule has 114 valence electrons. The normalized spacial score (nSPS) is 10.5. The average molecular weight is 326 g/mol. The predicted molar refractivity (Wildman–Crippen MR) is 88.8 cm³/mol. The highest BCUT2D eigenvalue weighted by atomic mass is 35.5.